The normalized spacial score (nSPS) is 16.5. The standard InChI is InChI=1S/C20H23ClN2O2/c1-14-7-8-18(17(21)13-14)22-20(25)23-11-9-16(10-12-23)19(24)15-5-3-2-4-6-15/h2-8,13,16,19,24H,9-12H2,1H3,(H,22,25). The average Bonchev–Trinajstić information content (AvgIpc) is 2.64. The molecule has 0 bridgehead atoms. The van der Waals surface area contributed by atoms with Crippen molar-refractivity contribution >= 4 is 23.3 Å². The van der Waals surface area contributed by atoms with Gasteiger partial charge in [-0.2, -0.15) is 0 Å². The van der Waals surface area contributed by atoms with Gasteiger partial charge in [-0.1, -0.05) is 48.0 Å². The molecule has 1 saturated heterocycles. The lowest BCUT2D eigenvalue weighted by atomic mass is 9.87. The average molecular weight is 359 g/mol. The largest absolute Gasteiger partial charge is 0.388 e. The Morgan fingerprint density at radius 3 is 2.52 bits per heavy atom. The van der Waals surface area contributed by atoms with Crippen molar-refractivity contribution in [2.75, 3.05) is 18.4 Å². The number of amides is 2. The van der Waals surface area contributed by atoms with E-state index in [1.165, 1.54) is 0 Å². The summed E-state index contributed by atoms with van der Waals surface area (Å²) in [5.74, 6) is 0.175. The minimum Gasteiger partial charge on any atom is -0.388 e. The number of benzene rings is 2. The first-order valence-corrected chi connectivity index (χ1v) is 8.97. The molecule has 0 saturated carbocycles. The third-order valence-electron chi connectivity index (χ3n) is 4.78. The van der Waals surface area contributed by atoms with E-state index in [1.807, 2.05) is 55.5 Å². The number of urea groups is 1. The molecule has 0 aliphatic carbocycles. The Kier molecular flexibility index (Phi) is 5.61. The number of carbonyl (C=O) groups is 1. The number of carbonyl (C=O) groups excluding carboxylic acids is 1. The summed E-state index contributed by atoms with van der Waals surface area (Å²) in [7, 11) is 0. The number of rotatable bonds is 3. The van der Waals surface area contributed by atoms with Gasteiger partial charge in [0, 0.05) is 13.1 Å². The summed E-state index contributed by atoms with van der Waals surface area (Å²) in [6.45, 7) is 3.22. The molecule has 1 atom stereocenters. The smallest absolute Gasteiger partial charge is 0.321 e. The van der Waals surface area contributed by atoms with Crippen molar-refractivity contribution in [1.82, 2.24) is 4.90 Å². The molecule has 0 radical (unpaired) electrons. The van der Waals surface area contributed by atoms with E-state index in [1.54, 1.807) is 4.90 Å². The van der Waals surface area contributed by atoms with Crippen LogP contribution in [0.15, 0.2) is 48.5 Å². The highest BCUT2D eigenvalue weighted by Crippen LogP contribution is 2.31. The Hall–Kier alpha value is -2.04. The zero-order chi connectivity index (χ0) is 17.8. The van der Waals surface area contributed by atoms with Crippen LogP contribution in [0, 0.1) is 12.8 Å². The van der Waals surface area contributed by atoms with Crippen molar-refractivity contribution in [1.29, 1.82) is 0 Å². The lowest BCUT2D eigenvalue weighted by Gasteiger charge is -2.34. The Bertz CT molecular complexity index is 728. The first kappa shape index (κ1) is 17.8. The van der Waals surface area contributed by atoms with Crippen LogP contribution < -0.4 is 5.32 Å². The maximum absolute atomic E-state index is 12.4. The first-order valence-electron chi connectivity index (χ1n) is 8.59. The van der Waals surface area contributed by atoms with Crippen molar-refractivity contribution in [2.45, 2.75) is 25.9 Å². The summed E-state index contributed by atoms with van der Waals surface area (Å²) < 4.78 is 0. The Balaban J connectivity index is 1.55. The van der Waals surface area contributed by atoms with Crippen molar-refractivity contribution in [2.24, 2.45) is 5.92 Å². The Morgan fingerprint density at radius 1 is 1.20 bits per heavy atom. The van der Waals surface area contributed by atoms with Gasteiger partial charge in [-0.05, 0) is 48.9 Å². The van der Waals surface area contributed by atoms with Crippen LogP contribution in [0.5, 0.6) is 0 Å². The molecule has 5 heteroatoms. The molecule has 0 aromatic heterocycles. The molecule has 2 amide bonds. The van der Waals surface area contributed by atoms with Gasteiger partial charge in [0.05, 0.1) is 16.8 Å². The maximum atomic E-state index is 12.4. The molecule has 3 rings (SSSR count). The molecule has 2 N–H and O–H groups in total. The van der Waals surface area contributed by atoms with Crippen LogP contribution in [0.3, 0.4) is 0 Å². The molecule has 0 spiro atoms. The molecule has 25 heavy (non-hydrogen) atoms. The van der Waals surface area contributed by atoms with Crippen LogP contribution in [0.2, 0.25) is 5.02 Å². The lowest BCUT2D eigenvalue weighted by molar-refractivity contribution is 0.0683. The molecule has 1 fully saturated rings. The van der Waals surface area contributed by atoms with Gasteiger partial charge >= 0.3 is 6.03 Å². The summed E-state index contributed by atoms with van der Waals surface area (Å²) in [5, 5.41) is 14.0. The van der Waals surface area contributed by atoms with E-state index in [0.29, 0.717) is 23.8 Å². The second kappa shape index (κ2) is 7.89. The fourth-order valence-electron chi connectivity index (χ4n) is 3.26. The van der Waals surface area contributed by atoms with Crippen LogP contribution in [0.1, 0.15) is 30.1 Å². The minimum absolute atomic E-state index is 0.140. The molecule has 1 aliphatic rings. The molecule has 2 aromatic rings. The number of hydrogen-bond acceptors (Lipinski definition) is 2. The van der Waals surface area contributed by atoms with Crippen molar-refractivity contribution in [3.63, 3.8) is 0 Å². The molecule has 2 aromatic carbocycles. The number of aliphatic hydroxyl groups is 1. The summed E-state index contributed by atoms with van der Waals surface area (Å²) in [6, 6.07) is 15.1. The number of nitrogens with one attached hydrogen (secondary N) is 1. The number of hydrogen-bond donors (Lipinski definition) is 2. The van der Waals surface area contributed by atoms with E-state index in [0.717, 1.165) is 24.0 Å². The number of aryl methyl sites for hydroxylation is 1. The van der Waals surface area contributed by atoms with Gasteiger partial charge in [-0.25, -0.2) is 4.79 Å². The first-order chi connectivity index (χ1) is 12.0. The van der Waals surface area contributed by atoms with E-state index in [4.69, 9.17) is 11.6 Å². The predicted molar refractivity (Wildman–Crippen MR) is 101 cm³/mol. The zero-order valence-corrected chi connectivity index (χ0v) is 15.0. The SMILES string of the molecule is Cc1ccc(NC(=O)N2CCC(C(O)c3ccccc3)CC2)c(Cl)c1. The van der Waals surface area contributed by atoms with Gasteiger partial charge in [-0.15, -0.1) is 0 Å². The van der Waals surface area contributed by atoms with Crippen LogP contribution in [-0.2, 0) is 0 Å². The van der Waals surface area contributed by atoms with E-state index in [-0.39, 0.29) is 11.9 Å². The van der Waals surface area contributed by atoms with Crippen molar-refractivity contribution in [3.05, 3.63) is 64.7 Å². The molecule has 132 valence electrons. The van der Waals surface area contributed by atoms with E-state index in [9.17, 15) is 9.90 Å². The monoisotopic (exact) mass is 358 g/mol. The van der Waals surface area contributed by atoms with Crippen LogP contribution in [-0.4, -0.2) is 29.1 Å². The number of anilines is 1. The Morgan fingerprint density at radius 2 is 1.88 bits per heavy atom. The molecular weight excluding hydrogens is 336 g/mol. The van der Waals surface area contributed by atoms with Crippen LogP contribution in [0.4, 0.5) is 10.5 Å². The van der Waals surface area contributed by atoms with Crippen molar-refractivity contribution in [3.8, 4) is 0 Å². The number of halogens is 1. The number of likely N-dealkylation sites (tertiary alicyclic amines) is 1. The van der Waals surface area contributed by atoms with E-state index < -0.39 is 6.10 Å². The third-order valence-corrected chi connectivity index (χ3v) is 5.09. The number of nitrogens with zero attached hydrogens (tertiary/aromatic N) is 1. The van der Waals surface area contributed by atoms with Crippen molar-refractivity contribution < 1.29 is 9.90 Å². The quantitative estimate of drug-likeness (QED) is 0.840. The van der Waals surface area contributed by atoms with E-state index >= 15 is 0 Å². The molecule has 1 aliphatic heterocycles. The third kappa shape index (κ3) is 4.33. The predicted octanol–water partition coefficient (Wildman–Crippen LogP) is 4.63. The van der Waals surface area contributed by atoms with Gasteiger partial charge < -0.3 is 15.3 Å². The Labute approximate surface area is 153 Å². The highest BCUT2D eigenvalue weighted by atomic mass is 35.5. The van der Waals surface area contributed by atoms with E-state index in [2.05, 4.69) is 5.32 Å². The summed E-state index contributed by atoms with van der Waals surface area (Å²) in [4.78, 5) is 14.2. The van der Waals surface area contributed by atoms with Gasteiger partial charge in [0.1, 0.15) is 0 Å². The molecule has 4 nitrogen and oxygen atoms in total. The molecule has 1 heterocycles. The minimum atomic E-state index is -0.474. The molecular formula is C20H23ClN2O2. The lowest BCUT2D eigenvalue weighted by Crippen LogP contribution is -2.42. The highest BCUT2D eigenvalue weighted by Gasteiger charge is 2.28. The second-order valence-corrected chi connectivity index (χ2v) is 7.00. The summed E-state index contributed by atoms with van der Waals surface area (Å²) in [6.07, 6.45) is 1.09. The number of piperidine rings is 1. The van der Waals surface area contributed by atoms with Gasteiger partial charge in [0.15, 0.2) is 0 Å². The fraction of sp³-hybridized carbons (Fsp3) is 0.350. The maximum Gasteiger partial charge on any atom is 0.321 e. The van der Waals surface area contributed by atoms with Gasteiger partial charge in [0.25, 0.3) is 0 Å². The highest BCUT2D eigenvalue weighted by molar-refractivity contribution is 6.33. The topological polar surface area (TPSA) is 52.6 Å². The van der Waals surface area contributed by atoms with Gasteiger partial charge in [-0.3, -0.25) is 0 Å². The van der Waals surface area contributed by atoms with Crippen LogP contribution >= 0.6 is 11.6 Å². The second-order valence-electron chi connectivity index (χ2n) is 6.59. The van der Waals surface area contributed by atoms with Gasteiger partial charge in [0.2, 0.25) is 0 Å². The van der Waals surface area contributed by atoms with Crippen LogP contribution in [0.25, 0.3) is 0 Å². The fourth-order valence-corrected chi connectivity index (χ4v) is 3.54. The summed E-state index contributed by atoms with van der Waals surface area (Å²) in [5.41, 5.74) is 2.62. The number of aliphatic hydroxyl groups excluding tert-OH is 1. The molecule has 1 unspecified atom stereocenters. The summed E-state index contributed by atoms with van der Waals surface area (Å²) >= 11 is 6.18. The zero-order valence-electron chi connectivity index (χ0n) is 14.3.